The Bertz CT molecular complexity index is 684. The lowest BCUT2D eigenvalue weighted by Crippen LogP contribution is -2.06. The van der Waals surface area contributed by atoms with Crippen LogP contribution in [0.1, 0.15) is 21.5 Å². The summed E-state index contributed by atoms with van der Waals surface area (Å²) in [5.41, 5.74) is 0.904. The van der Waals surface area contributed by atoms with E-state index in [1.165, 1.54) is 13.2 Å². The van der Waals surface area contributed by atoms with Gasteiger partial charge in [0, 0.05) is 10.6 Å². The Hall–Kier alpha value is -1.58. The third kappa shape index (κ3) is 2.79. The molecule has 2 aromatic rings. The number of aryl methyl sites for hydroxylation is 1. The van der Waals surface area contributed by atoms with Crippen molar-refractivity contribution in [3.8, 4) is 5.75 Å². The van der Waals surface area contributed by atoms with Gasteiger partial charge in [0.1, 0.15) is 11.6 Å². The minimum Gasteiger partial charge on any atom is -0.496 e. The monoisotopic (exact) mass is 312 g/mol. The number of carbonyl (C=O) groups excluding carboxylic acids is 1. The summed E-state index contributed by atoms with van der Waals surface area (Å²) in [6, 6.07) is 7.24. The Balaban J connectivity index is 2.54. The van der Waals surface area contributed by atoms with Crippen molar-refractivity contribution in [2.45, 2.75) is 6.92 Å². The largest absolute Gasteiger partial charge is 0.496 e. The van der Waals surface area contributed by atoms with Crippen LogP contribution in [0.25, 0.3) is 0 Å². The smallest absolute Gasteiger partial charge is 0.198 e. The summed E-state index contributed by atoms with van der Waals surface area (Å²) in [7, 11) is 1.44. The average molecular weight is 313 g/mol. The van der Waals surface area contributed by atoms with Gasteiger partial charge in [-0.2, -0.15) is 0 Å². The van der Waals surface area contributed by atoms with Crippen LogP contribution in [0.15, 0.2) is 30.3 Å². The van der Waals surface area contributed by atoms with Crippen LogP contribution in [0.4, 0.5) is 4.39 Å². The maximum Gasteiger partial charge on any atom is 0.198 e. The molecule has 2 nitrogen and oxygen atoms in total. The molecule has 0 amide bonds. The van der Waals surface area contributed by atoms with Gasteiger partial charge in [0.2, 0.25) is 0 Å². The van der Waals surface area contributed by atoms with Gasteiger partial charge in [-0.15, -0.1) is 0 Å². The molecule has 2 aromatic carbocycles. The van der Waals surface area contributed by atoms with E-state index in [9.17, 15) is 9.18 Å². The second kappa shape index (κ2) is 5.81. The summed E-state index contributed by atoms with van der Waals surface area (Å²) in [5, 5.41) is 0.523. The fourth-order valence-electron chi connectivity index (χ4n) is 1.83. The molecule has 0 saturated carbocycles. The van der Waals surface area contributed by atoms with Crippen LogP contribution in [0.2, 0.25) is 10.0 Å². The van der Waals surface area contributed by atoms with Gasteiger partial charge >= 0.3 is 0 Å². The van der Waals surface area contributed by atoms with Crippen molar-refractivity contribution in [1.82, 2.24) is 0 Å². The van der Waals surface area contributed by atoms with Crippen LogP contribution in [0, 0.1) is 12.7 Å². The standard InChI is InChI=1S/C15H11Cl2FO2/c1-8-5-11(12(17)7-13(8)18)15(19)10-4-3-9(16)6-14(10)20-2/h3-7H,1-2H3. The molecule has 0 heterocycles. The summed E-state index contributed by atoms with van der Waals surface area (Å²) < 4.78 is 18.5. The first-order valence-corrected chi connectivity index (χ1v) is 6.53. The van der Waals surface area contributed by atoms with Crippen molar-refractivity contribution in [2.75, 3.05) is 7.11 Å². The minimum atomic E-state index is -0.449. The van der Waals surface area contributed by atoms with E-state index in [2.05, 4.69) is 0 Å². The maximum absolute atomic E-state index is 13.4. The summed E-state index contributed by atoms with van der Waals surface area (Å²) in [6.45, 7) is 1.57. The summed E-state index contributed by atoms with van der Waals surface area (Å²) in [5.74, 6) is -0.443. The molecule has 0 saturated heterocycles. The van der Waals surface area contributed by atoms with Crippen molar-refractivity contribution in [3.05, 3.63) is 62.9 Å². The zero-order chi connectivity index (χ0) is 14.9. The molecule has 0 atom stereocenters. The number of benzene rings is 2. The first-order valence-electron chi connectivity index (χ1n) is 5.78. The first-order chi connectivity index (χ1) is 9.43. The lowest BCUT2D eigenvalue weighted by atomic mass is 10.0. The normalized spacial score (nSPS) is 10.4. The summed E-state index contributed by atoms with van der Waals surface area (Å²) in [6.07, 6.45) is 0. The van der Waals surface area contributed by atoms with Crippen LogP contribution >= 0.6 is 23.2 Å². The number of halogens is 3. The highest BCUT2D eigenvalue weighted by Gasteiger charge is 2.19. The van der Waals surface area contributed by atoms with Crippen LogP contribution in [-0.2, 0) is 0 Å². The molecule has 104 valence electrons. The molecule has 0 aliphatic carbocycles. The Kier molecular flexibility index (Phi) is 4.31. The summed E-state index contributed by atoms with van der Waals surface area (Å²) in [4.78, 5) is 12.5. The van der Waals surface area contributed by atoms with Gasteiger partial charge in [0.25, 0.3) is 0 Å². The van der Waals surface area contributed by atoms with E-state index >= 15 is 0 Å². The molecule has 0 fully saturated rings. The molecule has 0 aromatic heterocycles. The van der Waals surface area contributed by atoms with E-state index in [1.807, 2.05) is 0 Å². The highest BCUT2D eigenvalue weighted by Crippen LogP contribution is 2.29. The average Bonchev–Trinajstić information content (AvgIpc) is 2.42. The molecular weight excluding hydrogens is 302 g/mol. The molecule has 2 rings (SSSR count). The van der Waals surface area contributed by atoms with Gasteiger partial charge < -0.3 is 4.74 Å². The molecule has 0 aliphatic heterocycles. The van der Waals surface area contributed by atoms with Crippen LogP contribution in [-0.4, -0.2) is 12.9 Å². The molecular formula is C15H11Cl2FO2. The molecule has 0 spiro atoms. The predicted molar refractivity (Wildman–Crippen MR) is 77.6 cm³/mol. The zero-order valence-electron chi connectivity index (χ0n) is 10.8. The van der Waals surface area contributed by atoms with Crippen LogP contribution in [0.5, 0.6) is 5.75 Å². The number of methoxy groups -OCH3 is 1. The van der Waals surface area contributed by atoms with Gasteiger partial charge in [-0.1, -0.05) is 23.2 Å². The van der Waals surface area contributed by atoms with E-state index < -0.39 is 5.82 Å². The quantitative estimate of drug-likeness (QED) is 0.769. The van der Waals surface area contributed by atoms with Gasteiger partial charge in [-0.25, -0.2) is 4.39 Å². The van der Waals surface area contributed by atoms with E-state index in [0.717, 1.165) is 6.07 Å². The fraction of sp³-hybridized carbons (Fsp3) is 0.133. The van der Waals surface area contributed by atoms with Gasteiger partial charge in [0.15, 0.2) is 5.78 Å². The number of carbonyl (C=O) groups is 1. The van der Waals surface area contributed by atoms with E-state index in [-0.39, 0.29) is 16.4 Å². The highest BCUT2D eigenvalue weighted by molar-refractivity contribution is 6.35. The van der Waals surface area contributed by atoms with Crippen molar-refractivity contribution in [2.24, 2.45) is 0 Å². The Labute approximate surface area is 126 Å². The number of ether oxygens (including phenoxy) is 1. The Morgan fingerprint density at radius 1 is 1.15 bits per heavy atom. The van der Waals surface area contributed by atoms with E-state index in [0.29, 0.717) is 21.9 Å². The Morgan fingerprint density at radius 2 is 1.85 bits per heavy atom. The molecule has 20 heavy (non-hydrogen) atoms. The second-order valence-corrected chi connectivity index (χ2v) is 5.10. The van der Waals surface area contributed by atoms with Crippen molar-refractivity contribution < 1.29 is 13.9 Å². The minimum absolute atomic E-state index is 0.0649. The van der Waals surface area contributed by atoms with Crippen molar-refractivity contribution >= 4 is 29.0 Å². The lowest BCUT2D eigenvalue weighted by molar-refractivity contribution is 0.103. The second-order valence-electron chi connectivity index (χ2n) is 4.25. The Morgan fingerprint density at radius 3 is 2.50 bits per heavy atom. The highest BCUT2D eigenvalue weighted by atomic mass is 35.5. The number of ketones is 1. The molecule has 0 radical (unpaired) electrons. The van der Waals surface area contributed by atoms with E-state index in [4.69, 9.17) is 27.9 Å². The molecule has 5 heteroatoms. The number of hydrogen-bond donors (Lipinski definition) is 0. The topological polar surface area (TPSA) is 26.3 Å². The predicted octanol–water partition coefficient (Wildman–Crippen LogP) is 4.68. The first kappa shape index (κ1) is 14.8. The third-order valence-corrected chi connectivity index (χ3v) is 3.45. The zero-order valence-corrected chi connectivity index (χ0v) is 12.3. The lowest BCUT2D eigenvalue weighted by Gasteiger charge is -2.10. The maximum atomic E-state index is 13.4. The number of rotatable bonds is 3. The SMILES string of the molecule is COc1cc(Cl)ccc1C(=O)c1cc(C)c(F)cc1Cl. The van der Waals surface area contributed by atoms with Gasteiger partial charge in [-0.05, 0) is 42.8 Å². The summed E-state index contributed by atoms with van der Waals surface area (Å²) >= 11 is 11.8. The third-order valence-electron chi connectivity index (χ3n) is 2.90. The van der Waals surface area contributed by atoms with Crippen molar-refractivity contribution in [3.63, 3.8) is 0 Å². The number of hydrogen-bond acceptors (Lipinski definition) is 2. The fourth-order valence-corrected chi connectivity index (χ4v) is 2.23. The molecule has 0 unspecified atom stereocenters. The van der Waals surface area contributed by atoms with E-state index in [1.54, 1.807) is 25.1 Å². The van der Waals surface area contributed by atoms with Crippen LogP contribution < -0.4 is 4.74 Å². The van der Waals surface area contributed by atoms with Gasteiger partial charge in [0.05, 0.1) is 17.7 Å². The molecule has 0 aliphatic rings. The van der Waals surface area contributed by atoms with Crippen LogP contribution in [0.3, 0.4) is 0 Å². The molecule has 0 bridgehead atoms. The van der Waals surface area contributed by atoms with Gasteiger partial charge in [-0.3, -0.25) is 4.79 Å². The van der Waals surface area contributed by atoms with Crippen molar-refractivity contribution in [1.29, 1.82) is 0 Å². The molecule has 0 N–H and O–H groups in total.